The van der Waals surface area contributed by atoms with Crippen molar-refractivity contribution >= 4 is 33.8 Å². The lowest BCUT2D eigenvalue weighted by atomic mass is 10.1. The maximum atomic E-state index is 9.51. The molecule has 134 valence electrons. The van der Waals surface area contributed by atoms with Crippen LogP contribution in [0.4, 0.5) is 11.8 Å². The number of nitrogens with zero attached hydrogens (tertiary/aromatic N) is 5. The summed E-state index contributed by atoms with van der Waals surface area (Å²) in [5.74, 6) is 1.06. The first-order valence-corrected chi connectivity index (χ1v) is 8.70. The topological polar surface area (TPSA) is 92.6 Å². The Morgan fingerprint density at radius 1 is 1.04 bits per heavy atom. The van der Waals surface area contributed by atoms with Gasteiger partial charge in [0.05, 0.1) is 11.7 Å². The Hall–Kier alpha value is -4.18. The molecule has 0 amide bonds. The highest BCUT2D eigenvalue weighted by Crippen LogP contribution is 2.27. The number of nitriles is 1. The molecule has 7 heteroatoms. The Bertz CT molecular complexity index is 1340. The largest absolute Gasteiger partial charge is 0.423 e. The van der Waals surface area contributed by atoms with E-state index in [9.17, 15) is 5.26 Å². The summed E-state index contributed by atoms with van der Waals surface area (Å²) < 4.78 is 7.32. The van der Waals surface area contributed by atoms with Crippen LogP contribution < -0.4 is 5.32 Å². The van der Waals surface area contributed by atoms with Crippen LogP contribution in [0.3, 0.4) is 0 Å². The van der Waals surface area contributed by atoms with Crippen molar-refractivity contribution in [3.63, 3.8) is 0 Å². The minimum Gasteiger partial charge on any atom is -0.423 e. The van der Waals surface area contributed by atoms with E-state index in [-0.39, 0.29) is 6.01 Å². The van der Waals surface area contributed by atoms with Crippen LogP contribution in [0.1, 0.15) is 11.1 Å². The standard InChI is InChI=1S/C21H14N6O/c1-13-10-19(24-16-7-3-2-6-15(13)16)27-20(14(11-22)12-23-27)26-21-25-17-8-4-5-9-18(17)28-21/h2-10,12H,1H3,(H,25,26). The molecule has 0 aliphatic carbocycles. The van der Waals surface area contributed by atoms with E-state index in [1.165, 1.54) is 6.20 Å². The van der Waals surface area contributed by atoms with Crippen LogP contribution in [0.25, 0.3) is 27.8 Å². The van der Waals surface area contributed by atoms with E-state index < -0.39 is 0 Å². The van der Waals surface area contributed by atoms with Gasteiger partial charge in [-0.05, 0) is 36.8 Å². The van der Waals surface area contributed by atoms with E-state index in [0.29, 0.717) is 22.8 Å². The Morgan fingerprint density at radius 3 is 2.64 bits per heavy atom. The highest BCUT2D eigenvalue weighted by atomic mass is 16.4. The molecular weight excluding hydrogens is 352 g/mol. The minimum absolute atomic E-state index is 0.289. The van der Waals surface area contributed by atoms with Gasteiger partial charge in [0.25, 0.3) is 0 Å². The molecule has 7 nitrogen and oxygen atoms in total. The van der Waals surface area contributed by atoms with Crippen molar-refractivity contribution in [2.45, 2.75) is 6.92 Å². The summed E-state index contributed by atoms with van der Waals surface area (Å²) in [7, 11) is 0. The molecule has 0 aliphatic rings. The Balaban J connectivity index is 1.64. The lowest BCUT2D eigenvalue weighted by molar-refractivity contribution is 0.621. The monoisotopic (exact) mass is 366 g/mol. The second-order valence-electron chi connectivity index (χ2n) is 6.36. The molecule has 0 saturated heterocycles. The minimum atomic E-state index is 0.289. The van der Waals surface area contributed by atoms with Crippen LogP contribution in [0.5, 0.6) is 0 Å². The summed E-state index contributed by atoms with van der Waals surface area (Å²) in [4.78, 5) is 9.12. The molecule has 3 heterocycles. The predicted octanol–water partition coefficient (Wildman–Crippen LogP) is 4.49. The van der Waals surface area contributed by atoms with E-state index >= 15 is 0 Å². The first-order valence-electron chi connectivity index (χ1n) is 8.70. The lowest BCUT2D eigenvalue weighted by Crippen LogP contribution is -2.06. The fourth-order valence-corrected chi connectivity index (χ4v) is 3.19. The Kier molecular flexibility index (Phi) is 3.56. The predicted molar refractivity (Wildman–Crippen MR) is 106 cm³/mol. The number of oxazole rings is 1. The first kappa shape index (κ1) is 16.0. The van der Waals surface area contributed by atoms with E-state index in [1.807, 2.05) is 61.5 Å². The second kappa shape index (κ2) is 6.21. The molecule has 0 unspecified atom stereocenters. The van der Waals surface area contributed by atoms with Crippen molar-refractivity contribution in [3.8, 4) is 11.9 Å². The van der Waals surface area contributed by atoms with Crippen molar-refractivity contribution in [1.82, 2.24) is 19.7 Å². The number of aryl methyl sites for hydroxylation is 1. The number of pyridine rings is 1. The van der Waals surface area contributed by atoms with Crippen molar-refractivity contribution in [1.29, 1.82) is 5.26 Å². The Morgan fingerprint density at radius 2 is 1.82 bits per heavy atom. The van der Waals surface area contributed by atoms with Crippen molar-refractivity contribution in [2.24, 2.45) is 0 Å². The van der Waals surface area contributed by atoms with Crippen LogP contribution >= 0.6 is 0 Å². The van der Waals surface area contributed by atoms with Gasteiger partial charge >= 0.3 is 6.01 Å². The zero-order chi connectivity index (χ0) is 19.1. The van der Waals surface area contributed by atoms with Gasteiger partial charge in [0.15, 0.2) is 17.2 Å². The molecule has 0 saturated carbocycles. The number of benzene rings is 2. The molecule has 28 heavy (non-hydrogen) atoms. The molecule has 0 spiro atoms. The molecule has 1 N–H and O–H groups in total. The smallest absolute Gasteiger partial charge is 0.301 e. The van der Waals surface area contributed by atoms with Crippen molar-refractivity contribution in [2.75, 3.05) is 5.32 Å². The number of fused-ring (bicyclic) bond motifs is 2. The molecule has 5 aromatic rings. The average Bonchev–Trinajstić information content (AvgIpc) is 3.31. The third kappa shape index (κ3) is 2.56. The van der Waals surface area contributed by atoms with Gasteiger partial charge < -0.3 is 4.42 Å². The first-order chi connectivity index (χ1) is 13.7. The fourth-order valence-electron chi connectivity index (χ4n) is 3.19. The normalized spacial score (nSPS) is 11.0. The van der Waals surface area contributed by atoms with Gasteiger partial charge in [-0.1, -0.05) is 30.3 Å². The van der Waals surface area contributed by atoms with Crippen LogP contribution in [-0.2, 0) is 0 Å². The molecule has 0 bridgehead atoms. The second-order valence-corrected chi connectivity index (χ2v) is 6.36. The summed E-state index contributed by atoms with van der Waals surface area (Å²) in [6.07, 6.45) is 1.50. The summed E-state index contributed by atoms with van der Waals surface area (Å²) >= 11 is 0. The molecule has 5 rings (SSSR count). The molecule has 0 fully saturated rings. The number of rotatable bonds is 3. The number of anilines is 2. The third-order valence-electron chi connectivity index (χ3n) is 4.54. The number of para-hydroxylation sites is 3. The van der Waals surface area contributed by atoms with Gasteiger partial charge in [0, 0.05) is 5.39 Å². The van der Waals surface area contributed by atoms with Gasteiger partial charge in [-0.2, -0.15) is 20.0 Å². The quantitative estimate of drug-likeness (QED) is 0.506. The highest BCUT2D eigenvalue weighted by molar-refractivity contribution is 5.83. The number of nitrogens with one attached hydrogen (secondary N) is 1. The molecular formula is C21H14N6O. The summed E-state index contributed by atoms with van der Waals surface area (Å²) in [6.45, 7) is 2.02. The van der Waals surface area contributed by atoms with E-state index in [0.717, 1.165) is 22.0 Å². The zero-order valence-corrected chi connectivity index (χ0v) is 14.9. The van der Waals surface area contributed by atoms with Gasteiger partial charge in [-0.15, -0.1) is 0 Å². The maximum absolute atomic E-state index is 9.51. The lowest BCUT2D eigenvalue weighted by Gasteiger charge is -2.10. The van der Waals surface area contributed by atoms with Crippen molar-refractivity contribution < 1.29 is 4.42 Å². The molecule has 3 aromatic heterocycles. The van der Waals surface area contributed by atoms with Gasteiger partial charge in [0.2, 0.25) is 0 Å². The van der Waals surface area contributed by atoms with Gasteiger partial charge in [-0.3, -0.25) is 5.32 Å². The Labute approximate surface area is 159 Å². The average molecular weight is 366 g/mol. The van der Waals surface area contributed by atoms with Crippen LogP contribution in [0.2, 0.25) is 0 Å². The molecule has 0 aliphatic heterocycles. The zero-order valence-electron chi connectivity index (χ0n) is 14.9. The summed E-state index contributed by atoms with van der Waals surface area (Å²) in [5, 5.41) is 18.0. The number of aromatic nitrogens is 4. The van der Waals surface area contributed by atoms with Crippen LogP contribution in [-0.4, -0.2) is 19.7 Å². The van der Waals surface area contributed by atoms with E-state index in [1.54, 1.807) is 4.68 Å². The SMILES string of the molecule is Cc1cc(-n2ncc(C#N)c2Nc2nc3ccccc3o2)nc2ccccc12. The summed E-state index contributed by atoms with van der Waals surface area (Å²) in [6, 6.07) is 19.8. The fraction of sp³-hybridized carbons (Fsp3) is 0.0476. The van der Waals surface area contributed by atoms with Gasteiger partial charge in [-0.25, -0.2) is 4.98 Å². The third-order valence-corrected chi connectivity index (χ3v) is 4.54. The summed E-state index contributed by atoms with van der Waals surface area (Å²) in [5.41, 5.74) is 3.69. The van der Waals surface area contributed by atoms with E-state index in [2.05, 4.69) is 21.5 Å². The highest BCUT2D eigenvalue weighted by Gasteiger charge is 2.17. The molecule has 2 aromatic carbocycles. The van der Waals surface area contributed by atoms with Crippen molar-refractivity contribution in [3.05, 3.63) is 71.9 Å². The molecule has 0 atom stereocenters. The van der Waals surface area contributed by atoms with Crippen LogP contribution in [0, 0.1) is 18.3 Å². The number of hydrogen-bond acceptors (Lipinski definition) is 6. The van der Waals surface area contributed by atoms with Gasteiger partial charge in [0.1, 0.15) is 17.1 Å². The van der Waals surface area contributed by atoms with E-state index in [4.69, 9.17) is 9.40 Å². The number of hydrogen-bond donors (Lipinski definition) is 1. The van der Waals surface area contributed by atoms with Crippen LogP contribution in [0.15, 0.2) is 65.2 Å². The maximum Gasteiger partial charge on any atom is 0.301 e. The molecule has 0 radical (unpaired) electrons.